The summed E-state index contributed by atoms with van der Waals surface area (Å²) in [5.41, 5.74) is 6.16. The van der Waals surface area contributed by atoms with Crippen molar-refractivity contribution >= 4 is 11.6 Å². The van der Waals surface area contributed by atoms with Crippen LogP contribution in [0.25, 0.3) is 0 Å². The van der Waals surface area contributed by atoms with Crippen molar-refractivity contribution in [3.05, 3.63) is 29.6 Å². The summed E-state index contributed by atoms with van der Waals surface area (Å²) < 4.78 is 13.0. The van der Waals surface area contributed by atoms with E-state index in [9.17, 15) is 9.18 Å². The quantitative estimate of drug-likeness (QED) is 0.816. The molecule has 1 aromatic rings. The van der Waals surface area contributed by atoms with Gasteiger partial charge in [-0.2, -0.15) is 0 Å². The average Bonchev–Trinajstić information content (AvgIpc) is 2.89. The van der Waals surface area contributed by atoms with Crippen LogP contribution in [0.5, 0.6) is 0 Å². The number of halogens is 1. The molecule has 1 aliphatic carbocycles. The molecule has 5 heteroatoms. The Morgan fingerprint density at radius 1 is 1.42 bits per heavy atom. The first kappa shape index (κ1) is 13.8. The number of nitrogen functional groups attached to an aromatic ring is 1. The second-order valence-corrected chi connectivity index (χ2v) is 4.89. The highest BCUT2D eigenvalue weighted by molar-refractivity contribution is 5.99. The van der Waals surface area contributed by atoms with Crippen LogP contribution < -0.4 is 5.73 Å². The highest BCUT2D eigenvalue weighted by atomic mass is 19.1. The molecule has 0 bridgehead atoms. The van der Waals surface area contributed by atoms with Gasteiger partial charge in [0.05, 0.1) is 12.2 Å². The van der Waals surface area contributed by atoms with Crippen molar-refractivity contribution in [2.45, 2.75) is 31.7 Å². The first-order valence-electron chi connectivity index (χ1n) is 6.60. The molecule has 0 spiro atoms. The lowest BCUT2D eigenvalue weighted by Gasteiger charge is -2.28. The van der Waals surface area contributed by atoms with E-state index in [4.69, 9.17) is 10.8 Å². The van der Waals surface area contributed by atoms with Crippen LogP contribution in [0.3, 0.4) is 0 Å². The molecule has 104 valence electrons. The summed E-state index contributed by atoms with van der Waals surface area (Å²) in [6.45, 7) is 0.212. The predicted molar refractivity (Wildman–Crippen MR) is 71.2 cm³/mol. The molecular formula is C14H19FN2O2. The number of carbonyl (C=O) groups excluding carboxylic acids is 1. The summed E-state index contributed by atoms with van der Waals surface area (Å²) in [4.78, 5) is 14.1. The Morgan fingerprint density at radius 3 is 2.68 bits per heavy atom. The van der Waals surface area contributed by atoms with E-state index in [0.717, 1.165) is 31.7 Å². The standard InChI is InChI=1S/C14H19FN2O2/c15-10-5-6-12(13(16)9-10)14(19)17(7-8-18)11-3-1-2-4-11/h5-6,9,11,18H,1-4,7-8,16H2. The van der Waals surface area contributed by atoms with Crippen molar-refractivity contribution in [2.75, 3.05) is 18.9 Å². The van der Waals surface area contributed by atoms with Crippen LogP contribution >= 0.6 is 0 Å². The van der Waals surface area contributed by atoms with Gasteiger partial charge in [-0.25, -0.2) is 4.39 Å². The molecule has 0 heterocycles. The minimum Gasteiger partial charge on any atom is -0.398 e. The number of benzene rings is 1. The van der Waals surface area contributed by atoms with Gasteiger partial charge in [0.25, 0.3) is 5.91 Å². The molecule has 0 atom stereocenters. The zero-order chi connectivity index (χ0) is 13.8. The van der Waals surface area contributed by atoms with Gasteiger partial charge in [-0.3, -0.25) is 4.79 Å². The number of carbonyl (C=O) groups is 1. The highest BCUT2D eigenvalue weighted by Gasteiger charge is 2.27. The second kappa shape index (κ2) is 6.02. The molecule has 1 aromatic carbocycles. The molecule has 1 saturated carbocycles. The number of hydrogen-bond acceptors (Lipinski definition) is 3. The molecular weight excluding hydrogens is 247 g/mol. The van der Waals surface area contributed by atoms with Gasteiger partial charge in [-0.15, -0.1) is 0 Å². The van der Waals surface area contributed by atoms with E-state index in [1.165, 1.54) is 12.1 Å². The van der Waals surface area contributed by atoms with Gasteiger partial charge in [0.15, 0.2) is 0 Å². The van der Waals surface area contributed by atoms with Crippen LogP contribution in [0.1, 0.15) is 36.0 Å². The summed E-state index contributed by atoms with van der Waals surface area (Å²) in [6.07, 6.45) is 4.09. The monoisotopic (exact) mass is 266 g/mol. The van der Waals surface area contributed by atoms with Gasteiger partial charge >= 0.3 is 0 Å². The zero-order valence-corrected chi connectivity index (χ0v) is 10.8. The number of nitrogens with zero attached hydrogens (tertiary/aromatic N) is 1. The first-order chi connectivity index (χ1) is 9.13. The number of rotatable bonds is 4. The minimum absolute atomic E-state index is 0.0800. The van der Waals surface area contributed by atoms with Crippen LogP contribution in [-0.4, -0.2) is 35.1 Å². The van der Waals surface area contributed by atoms with Crippen LogP contribution in [0.2, 0.25) is 0 Å². The van der Waals surface area contributed by atoms with E-state index >= 15 is 0 Å². The molecule has 0 aliphatic heterocycles. The van der Waals surface area contributed by atoms with Crippen molar-refractivity contribution in [1.29, 1.82) is 0 Å². The fourth-order valence-corrected chi connectivity index (χ4v) is 2.66. The number of anilines is 1. The molecule has 1 aliphatic rings. The minimum atomic E-state index is -0.455. The van der Waals surface area contributed by atoms with Crippen molar-refractivity contribution in [2.24, 2.45) is 0 Å². The second-order valence-electron chi connectivity index (χ2n) is 4.89. The molecule has 0 saturated heterocycles. The molecule has 1 fully saturated rings. The van der Waals surface area contributed by atoms with Crippen LogP contribution in [0, 0.1) is 5.82 Å². The van der Waals surface area contributed by atoms with Crippen LogP contribution in [-0.2, 0) is 0 Å². The van der Waals surface area contributed by atoms with Crippen LogP contribution in [0.4, 0.5) is 10.1 Å². The maximum absolute atomic E-state index is 13.0. The van der Waals surface area contributed by atoms with E-state index < -0.39 is 5.82 Å². The lowest BCUT2D eigenvalue weighted by Crippen LogP contribution is -2.41. The van der Waals surface area contributed by atoms with Crippen molar-refractivity contribution < 1.29 is 14.3 Å². The predicted octanol–water partition coefficient (Wildman–Crippen LogP) is 1.79. The largest absolute Gasteiger partial charge is 0.398 e. The summed E-state index contributed by atoms with van der Waals surface area (Å²) in [5.74, 6) is -0.679. The third kappa shape index (κ3) is 3.04. The number of amides is 1. The van der Waals surface area contributed by atoms with Gasteiger partial charge in [0.1, 0.15) is 5.82 Å². The van der Waals surface area contributed by atoms with Gasteiger partial charge in [-0.05, 0) is 31.0 Å². The lowest BCUT2D eigenvalue weighted by atomic mass is 10.1. The van der Waals surface area contributed by atoms with E-state index in [0.29, 0.717) is 12.1 Å². The van der Waals surface area contributed by atoms with E-state index in [2.05, 4.69) is 0 Å². The average molecular weight is 266 g/mol. The summed E-state index contributed by atoms with van der Waals surface area (Å²) in [5, 5.41) is 9.12. The number of hydrogen-bond donors (Lipinski definition) is 2. The molecule has 0 radical (unpaired) electrons. The fraction of sp³-hybridized carbons (Fsp3) is 0.500. The topological polar surface area (TPSA) is 66.6 Å². The third-order valence-electron chi connectivity index (χ3n) is 3.61. The molecule has 1 amide bonds. The van der Waals surface area contributed by atoms with Crippen molar-refractivity contribution in [1.82, 2.24) is 4.90 Å². The van der Waals surface area contributed by atoms with Crippen molar-refractivity contribution in [3.8, 4) is 0 Å². The lowest BCUT2D eigenvalue weighted by molar-refractivity contribution is 0.0639. The maximum atomic E-state index is 13.0. The normalized spacial score (nSPS) is 15.7. The van der Waals surface area contributed by atoms with Gasteiger partial charge in [-0.1, -0.05) is 12.8 Å². The first-order valence-corrected chi connectivity index (χ1v) is 6.60. The smallest absolute Gasteiger partial charge is 0.256 e. The number of nitrogens with two attached hydrogens (primary N) is 1. The summed E-state index contributed by atoms with van der Waals surface area (Å²) >= 11 is 0. The Labute approximate surface area is 112 Å². The zero-order valence-electron chi connectivity index (χ0n) is 10.8. The summed E-state index contributed by atoms with van der Waals surface area (Å²) in [6, 6.07) is 3.95. The fourth-order valence-electron chi connectivity index (χ4n) is 2.66. The summed E-state index contributed by atoms with van der Waals surface area (Å²) in [7, 11) is 0. The molecule has 19 heavy (non-hydrogen) atoms. The Kier molecular flexibility index (Phi) is 4.37. The number of aliphatic hydroxyl groups excluding tert-OH is 1. The van der Waals surface area contributed by atoms with E-state index in [-0.39, 0.29) is 24.2 Å². The van der Waals surface area contributed by atoms with Gasteiger partial charge < -0.3 is 15.7 Å². The molecule has 0 aromatic heterocycles. The molecule has 2 rings (SSSR count). The van der Waals surface area contributed by atoms with Crippen molar-refractivity contribution in [3.63, 3.8) is 0 Å². The maximum Gasteiger partial charge on any atom is 0.256 e. The Morgan fingerprint density at radius 2 is 2.11 bits per heavy atom. The van der Waals surface area contributed by atoms with Gasteiger partial charge in [0.2, 0.25) is 0 Å². The molecule has 4 nitrogen and oxygen atoms in total. The van der Waals surface area contributed by atoms with E-state index in [1.807, 2.05) is 0 Å². The Hall–Kier alpha value is -1.62. The highest BCUT2D eigenvalue weighted by Crippen LogP contribution is 2.26. The van der Waals surface area contributed by atoms with Crippen LogP contribution in [0.15, 0.2) is 18.2 Å². The third-order valence-corrected chi connectivity index (χ3v) is 3.61. The van der Waals surface area contributed by atoms with Gasteiger partial charge in [0, 0.05) is 18.3 Å². The SMILES string of the molecule is Nc1cc(F)ccc1C(=O)N(CCO)C1CCCC1. The van der Waals surface area contributed by atoms with E-state index in [1.54, 1.807) is 4.90 Å². The Bertz CT molecular complexity index is 459. The Balaban J connectivity index is 2.22. The number of aliphatic hydroxyl groups is 1. The molecule has 0 unspecified atom stereocenters. The molecule has 3 N–H and O–H groups in total.